The molecule has 1 aromatic carbocycles. The molecule has 23 heavy (non-hydrogen) atoms. The van der Waals surface area contributed by atoms with Gasteiger partial charge in [0.15, 0.2) is 0 Å². The van der Waals surface area contributed by atoms with Gasteiger partial charge in [-0.3, -0.25) is 4.79 Å². The lowest BCUT2D eigenvalue weighted by Crippen LogP contribution is -2.24. The van der Waals surface area contributed by atoms with Crippen molar-refractivity contribution < 1.29 is 9.18 Å². The van der Waals surface area contributed by atoms with Crippen molar-refractivity contribution in [1.29, 1.82) is 0 Å². The Hall–Kier alpha value is -2.50. The van der Waals surface area contributed by atoms with Gasteiger partial charge in [0.2, 0.25) is 0 Å². The topological polar surface area (TPSA) is 66.9 Å². The number of carbonyl (C=O) groups is 1. The Morgan fingerprint density at radius 3 is 2.65 bits per heavy atom. The number of halogens is 1. The second-order valence-electron chi connectivity index (χ2n) is 5.71. The normalized spacial score (nSPS) is 10.6. The summed E-state index contributed by atoms with van der Waals surface area (Å²) in [5.41, 5.74) is 1.12. The third-order valence-electron chi connectivity index (χ3n) is 3.29. The lowest BCUT2D eigenvalue weighted by Gasteiger charge is -2.09. The monoisotopic (exact) mass is 316 g/mol. The van der Waals surface area contributed by atoms with E-state index in [9.17, 15) is 9.18 Å². The first-order valence-electron chi connectivity index (χ1n) is 7.63. The van der Waals surface area contributed by atoms with Crippen LogP contribution in [-0.4, -0.2) is 22.4 Å². The number of rotatable bonds is 7. The van der Waals surface area contributed by atoms with E-state index in [2.05, 4.69) is 34.4 Å². The zero-order valence-corrected chi connectivity index (χ0v) is 13.3. The number of aromatic nitrogens is 2. The van der Waals surface area contributed by atoms with Crippen molar-refractivity contribution in [3.8, 4) is 0 Å². The maximum absolute atomic E-state index is 12.8. The van der Waals surface area contributed by atoms with Crippen LogP contribution in [0.25, 0.3) is 0 Å². The highest BCUT2D eigenvalue weighted by Gasteiger charge is 2.08. The summed E-state index contributed by atoms with van der Waals surface area (Å²) >= 11 is 0. The maximum atomic E-state index is 12.8. The fourth-order valence-electron chi connectivity index (χ4n) is 1.94. The van der Waals surface area contributed by atoms with Crippen LogP contribution in [-0.2, 0) is 6.54 Å². The van der Waals surface area contributed by atoms with Crippen LogP contribution in [0.3, 0.4) is 0 Å². The van der Waals surface area contributed by atoms with Crippen LogP contribution in [0.2, 0.25) is 0 Å². The highest BCUT2D eigenvalue weighted by atomic mass is 19.1. The number of hydrogen-bond acceptors (Lipinski definition) is 4. The zero-order chi connectivity index (χ0) is 16.7. The van der Waals surface area contributed by atoms with E-state index >= 15 is 0 Å². The summed E-state index contributed by atoms with van der Waals surface area (Å²) < 4.78 is 12.8. The SMILES string of the molecule is CC(C)CCNc1cc(C(=O)NCc2ccc(F)cc2)ncn1. The second-order valence-corrected chi connectivity index (χ2v) is 5.71. The number of hydrogen-bond donors (Lipinski definition) is 2. The van der Waals surface area contributed by atoms with Crippen molar-refractivity contribution >= 4 is 11.7 Å². The molecule has 1 heterocycles. The first kappa shape index (κ1) is 16.9. The van der Waals surface area contributed by atoms with Gasteiger partial charge in [-0.05, 0) is 30.0 Å². The molecule has 5 nitrogen and oxygen atoms in total. The minimum absolute atomic E-state index is 0.288. The van der Waals surface area contributed by atoms with Gasteiger partial charge < -0.3 is 10.6 Å². The first-order chi connectivity index (χ1) is 11.0. The van der Waals surface area contributed by atoms with Gasteiger partial charge in [-0.2, -0.15) is 0 Å². The number of anilines is 1. The Labute approximate surface area is 135 Å². The lowest BCUT2D eigenvalue weighted by atomic mass is 10.1. The number of carbonyl (C=O) groups excluding carboxylic acids is 1. The molecule has 2 aromatic rings. The van der Waals surface area contributed by atoms with E-state index in [4.69, 9.17) is 0 Å². The van der Waals surface area contributed by atoms with Crippen molar-refractivity contribution in [1.82, 2.24) is 15.3 Å². The summed E-state index contributed by atoms with van der Waals surface area (Å²) in [6, 6.07) is 7.62. The molecule has 0 atom stereocenters. The predicted octanol–water partition coefficient (Wildman–Crippen LogP) is 3.00. The average molecular weight is 316 g/mol. The molecule has 122 valence electrons. The summed E-state index contributed by atoms with van der Waals surface area (Å²) in [6.07, 6.45) is 2.39. The largest absolute Gasteiger partial charge is 0.370 e. The smallest absolute Gasteiger partial charge is 0.270 e. The lowest BCUT2D eigenvalue weighted by molar-refractivity contribution is 0.0946. The summed E-state index contributed by atoms with van der Waals surface area (Å²) in [5, 5.41) is 5.94. The van der Waals surface area contributed by atoms with Crippen molar-refractivity contribution in [2.75, 3.05) is 11.9 Å². The minimum atomic E-state index is -0.298. The Kier molecular flexibility index (Phi) is 6.02. The van der Waals surface area contributed by atoms with E-state index in [-0.39, 0.29) is 11.7 Å². The van der Waals surface area contributed by atoms with Crippen LogP contribution < -0.4 is 10.6 Å². The van der Waals surface area contributed by atoms with Gasteiger partial charge in [-0.25, -0.2) is 14.4 Å². The van der Waals surface area contributed by atoms with E-state index in [0.717, 1.165) is 18.5 Å². The predicted molar refractivity (Wildman–Crippen MR) is 87.5 cm³/mol. The molecule has 6 heteroatoms. The van der Waals surface area contributed by atoms with Crippen molar-refractivity contribution in [2.45, 2.75) is 26.8 Å². The van der Waals surface area contributed by atoms with Crippen molar-refractivity contribution in [2.24, 2.45) is 5.92 Å². The third kappa shape index (κ3) is 5.65. The zero-order valence-electron chi connectivity index (χ0n) is 13.3. The number of nitrogens with one attached hydrogen (secondary N) is 2. The molecule has 2 N–H and O–H groups in total. The van der Waals surface area contributed by atoms with Crippen LogP contribution in [0.1, 0.15) is 36.3 Å². The van der Waals surface area contributed by atoms with Crippen LogP contribution in [0.15, 0.2) is 36.7 Å². The number of amides is 1. The molecular formula is C17H21FN4O. The molecule has 0 aliphatic carbocycles. The average Bonchev–Trinajstić information content (AvgIpc) is 2.54. The fourth-order valence-corrected chi connectivity index (χ4v) is 1.94. The van der Waals surface area contributed by atoms with Gasteiger partial charge in [0.1, 0.15) is 23.7 Å². The van der Waals surface area contributed by atoms with E-state index in [1.165, 1.54) is 18.5 Å². The van der Waals surface area contributed by atoms with Crippen molar-refractivity contribution in [3.63, 3.8) is 0 Å². The van der Waals surface area contributed by atoms with Gasteiger partial charge in [-0.1, -0.05) is 26.0 Å². The molecule has 0 aliphatic rings. The summed E-state index contributed by atoms with van der Waals surface area (Å²) in [6.45, 7) is 5.41. The molecule has 0 unspecified atom stereocenters. The molecule has 0 radical (unpaired) electrons. The molecule has 0 fully saturated rings. The van der Waals surface area contributed by atoms with E-state index in [1.54, 1.807) is 18.2 Å². The number of benzene rings is 1. The van der Waals surface area contributed by atoms with Gasteiger partial charge in [-0.15, -0.1) is 0 Å². The molecule has 0 aliphatic heterocycles. The standard InChI is InChI=1S/C17H21FN4O/c1-12(2)7-8-19-16-9-15(21-11-22-16)17(23)20-10-13-3-5-14(18)6-4-13/h3-6,9,11-12H,7-8,10H2,1-2H3,(H,20,23)(H,19,21,22). The van der Waals surface area contributed by atoms with Gasteiger partial charge in [0.25, 0.3) is 5.91 Å². The third-order valence-corrected chi connectivity index (χ3v) is 3.29. The molecule has 0 bridgehead atoms. The fraction of sp³-hybridized carbons (Fsp3) is 0.353. The van der Waals surface area contributed by atoms with Gasteiger partial charge >= 0.3 is 0 Å². The van der Waals surface area contributed by atoms with Crippen LogP contribution in [0.5, 0.6) is 0 Å². The molecule has 0 saturated carbocycles. The second kappa shape index (κ2) is 8.22. The van der Waals surface area contributed by atoms with Crippen molar-refractivity contribution in [3.05, 3.63) is 53.7 Å². The van der Waals surface area contributed by atoms with Crippen LogP contribution in [0.4, 0.5) is 10.2 Å². The van der Waals surface area contributed by atoms with Gasteiger partial charge in [0.05, 0.1) is 0 Å². The Morgan fingerprint density at radius 2 is 1.96 bits per heavy atom. The molecule has 1 aromatic heterocycles. The molecule has 0 saturated heterocycles. The summed E-state index contributed by atoms with van der Waals surface area (Å²) in [5.74, 6) is 0.645. The van der Waals surface area contributed by atoms with Gasteiger partial charge in [0, 0.05) is 19.2 Å². The highest BCUT2D eigenvalue weighted by molar-refractivity contribution is 5.92. The highest BCUT2D eigenvalue weighted by Crippen LogP contribution is 2.07. The Bertz CT molecular complexity index is 643. The quantitative estimate of drug-likeness (QED) is 0.824. The maximum Gasteiger partial charge on any atom is 0.270 e. The van der Waals surface area contributed by atoms with E-state index < -0.39 is 0 Å². The first-order valence-corrected chi connectivity index (χ1v) is 7.63. The molecular weight excluding hydrogens is 295 g/mol. The summed E-state index contributed by atoms with van der Waals surface area (Å²) in [7, 11) is 0. The Balaban J connectivity index is 1.90. The molecule has 2 rings (SSSR count). The van der Waals surface area contributed by atoms with E-state index in [1.807, 2.05) is 0 Å². The van der Waals surface area contributed by atoms with E-state index in [0.29, 0.717) is 24.0 Å². The van der Waals surface area contributed by atoms with Crippen LogP contribution >= 0.6 is 0 Å². The molecule has 0 spiro atoms. The van der Waals surface area contributed by atoms with Crippen LogP contribution in [0, 0.1) is 11.7 Å². The summed E-state index contributed by atoms with van der Waals surface area (Å²) in [4.78, 5) is 20.2. The molecule has 1 amide bonds. The number of nitrogens with zero attached hydrogens (tertiary/aromatic N) is 2. The Morgan fingerprint density at radius 1 is 1.22 bits per heavy atom. The minimum Gasteiger partial charge on any atom is -0.370 e.